The molecule has 0 atom stereocenters. The van der Waals surface area contributed by atoms with Gasteiger partial charge in [0.15, 0.2) is 0 Å². The van der Waals surface area contributed by atoms with Gasteiger partial charge in [-0.3, -0.25) is 9.80 Å². The lowest BCUT2D eigenvalue weighted by Crippen LogP contribution is -2.09. The molecular formula is C11H12BrN3O. The molecule has 0 amide bonds. The third-order valence-electron chi connectivity index (χ3n) is 2.47. The Morgan fingerprint density at radius 2 is 2.06 bits per heavy atom. The minimum Gasteiger partial charge on any atom is -0.298 e. The van der Waals surface area contributed by atoms with E-state index in [-0.39, 0.29) is 0 Å². The second kappa shape index (κ2) is 5.21. The maximum Gasteiger partial charge on any atom is 0.150 e. The number of aldehydes is 1. The number of hydrogen-bond donors (Lipinski definition) is 0. The third kappa shape index (κ3) is 2.66. The fraction of sp³-hybridized carbons (Fsp3) is 0.364. The molecule has 4 nitrogen and oxygen atoms in total. The van der Waals surface area contributed by atoms with Gasteiger partial charge in [0.05, 0.1) is 0 Å². The normalized spacial score (nSPS) is 15.9. The lowest BCUT2D eigenvalue weighted by molar-refractivity contribution is 0.112. The van der Waals surface area contributed by atoms with Gasteiger partial charge in [-0.1, -0.05) is 5.22 Å². The predicted octanol–water partition coefficient (Wildman–Crippen LogP) is 3.36. The van der Waals surface area contributed by atoms with Gasteiger partial charge in [0.25, 0.3) is 0 Å². The fourth-order valence-electron chi connectivity index (χ4n) is 1.58. The van der Waals surface area contributed by atoms with Crippen molar-refractivity contribution in [2.24, 2.45) is 10.3 Å². The van der Waals surface area contributed by atoms with Crippen molar-refractivity contribution in [1.82, 2.24) is 5.01 Å². The van der Waals surface area contributed by atoms with Crippen LogP contribution >= 0.6 is 15.9 Å². The maximum atomic E-state index is 10.6. The third-order valence-corrected chi connectivity index (χ3v) is 3.10. The van der Waals surface area contributed by atoms with Crippen molar-refractivity contribution < 1.29 is 4.79 Å². The van der Waals surface area contributed by atoms with Crippen LogP contribution in [0.15, 0.2) is 33.0 Å². The van der Waals surface area contributed by atoms with Crippen LogP contribution in [0.25, 0.3) is 0 Å². The van der Waals surface area contributed by atoms with E-state index in [1.54, 1.807) is 18.2 Å². The van der Waals surface area contributed by atoms with Gasteiger partial charge in [-0.15, -0.1) is 5.11 Å². The smallest absolute Gasteiger partial charge is 0.150 e. The van der Waals surface area contributed by atoms with Crippen LogP contribution in [0.4, 0.5) is 5.69 Å². The number of nitrogens with zero attached hydrogens (tertiary/aromatic N) is 3. The molecule has 0 bridgehead atoms. The van der Waals surface area contributed by atoms with Gasteiger partial charge in [-0.05, 0) is 47.0 Å². The Morgan fingerprint density at radius 3 is 2.69 bits per heavy atom. The molecular weight excluding hydrogens is 270 g/mol. The highest BCUT2D eigenvalue weighted by Crippen LogP contribution is 2.26. The summed E-state index contributed by atoms with van der Waals surface area (Å²) in [6.45, 7) is 1.96. The highest BCUT2D eigenvalue weighted by Gasteiger charge is 2.08. The van der Waals surface area contributed by atoms with Gasteiger partial charge in [0.1, 0.15) is 12.0 Å². The van der Waals surface area contributed by atoms with Crippen molar-refractivity contribution in [3.05, 3.63) is 28.2 Å². The average Bonchev–Trinajstić information content (AvgIpc) is 2.80. The molecule has 0 unspecified atom stereocenters. The molecule has 1 aliphatic rings. The van der Waals surface area contributed by atoms with E-state index in [0.29, 0.717) is 5.56 Å². The zero-order valence-corrected chi connectivity index (χ0v) is 10.4. The maximum absolute atomic E-state index is 10.6. The van der Waals surface area contributed by atoms with Crippen LogP contribution in [0.2, 0.25) is 0 Å². The van der Waals surface area contributed by atoms with E-state index < -0.39 is 0 Å². The second-order valence-electron chi connectivity index (χ2n) is 3.68. The fourth-order valence-corrected chi connectivity index (χ4v) is 2.05. The van der Waals surface area contributed by atoms with Crippen molar-refractivity contribution in [2.45, 2.75) is 12.8 Å². The summed E-state index contributed by atoms with van der Waals surface area (Å²) in [6, 6.07) is 5.26. The van der Waals surface area contributed by atoms with E-state index in [1.807, 2.05) is 5.01 Å². The minimum absolute atomic E-state index is 0.631. The Bertz CT molecular complexity index is 414. The standard InChI is InChI=1S/C11H12BrN3O/c12-10-7-9(8-16)3-4-11(10)13-14-15-5-1-2-6-15/h3-4,7-8H,1-2,5-6H2. The number of carbonyl (C=O) groups excluding carboxylic acids is 1. The first-order valence-electron chi connectivity index (χ1n) is 5.21. The average molecular weight is 282 g/mol. The molecule has 0 saturated carbocycles. The lowest BCUT2D eigenvalue weighted by Gasteiger charge is -2.07. The molecule has 1 aromatic rings. The molecule has 0 aliphatic carbocycles. The molecule has 2 rings (SSSR count). The molecule has 1 aromatic carbocycles. The zero-order chi connectivity index (χ0) is 11.4. The first-order chi connectivity index (χ1) is 7.79. The van der Waals surface area contributed by atoms with E-state index in [1.165, 1.54) is 12.8 Å². The van der Waals surface area contributed by atoms with Crippen LogP contribution < -0.4 is 0 Å². The van der Waals surface area contributed by atoms with Gasteiger partial charge < -0.3 is 0 Å². The Balaban J connectivity index is 2.11. The van der Waals surface area contributed by atoms with E-state index >= 15 is 0 Å². The van der Waals surface area contributed by atoms with Crippen LogP contribution in [0.5, 0.6) is 0 Å². The SMILES string of the molecule is O=Cc1ccc(N=NN2CCCC2)c(Br)c1. The minimum atomic E-state index is 0.631. The molecule has 0 aromatic heterocycles. The van der Waals surface area contributed by atoms with Crippen LogP contribution in [0, 0.1) is 0 Å². The molecule has 1 fully saturated rings. The summed E-state index contributed by atoms with van der Waals surface area (Å²) in [5, 5.41) is 10.3. The highest BCUT2D eigenvalue weighted by atomic mass is 79.9. The first-order valence-corrected chi connectivity index (χ1v) is 6.00. The van der Waals surface area contributed by atoms with Crippen molar-refractivity contribution in [1.29, 1.82) is 0 Å². The van der Waals surface area contributed by atoms with Crippen molar-refractivity contribution in [3.63, 3.8) is 0 Å². The molecule has 0 N–H and O–H groups in total. The van der Waals surface area contributed by atoms with Crippen LogP contribution in [0.3, 0.4) is 0 Å². The van der Waals surface area contributed by atoms with Crippen molar-refractivity contribution in [3.8, 4) is 0 Å². The van der Waals surface area contributed by atoms with Crippen molar-refractivity contribution in [2.75, 3.05) is 13.1 Å². The van der Waals surface area contributed by atoms with E-state index in [2.05, 4.69) is 26.3 Å². The van der Waals surface area contributed by atoms with Gasteiger partial charge in [-0.25, -0.2) is 0 Å². The topological polar surface area (TPSA) is 45.0 Å². The number of halogens is 1. The molecule has 1 saturated heterocycles. The largest absolute Gasteiger partial charge is 0.298 e. The summed E-state index contributed by atoms with van der Waals surface area (Å²) in [4.78, 5) is 10.6. The second-order valence-corrected chi connectivity index (χ2v) is 4.53. The Labute approximate surface area is 102 Å². The van der Waals surface area contributed by atoms with Gasteiger partial charge in [0, 0.05) is 23.1 Å². The molecule has 16 heavy (non-hydrogen) atoms. The molecule has 1 heterocycles. The summed E-state index contributed by atoms with van der Waals surface area (Å²) < 4.78 is 0.792. The van der Waals surface area contributed by atoms with E-state index in [4.69, 9.17) is 0 Å². The number of carbonyl (C=O) groups is 1. The zero-order valence-electron chi connectivity index (χ0n) is 8.77. The Morgan fingerprint density at radius 1 is 1.31 bits per heavy atom. The summed E-state index contributed by atoms with van der Waals surface area (Å²) in [7, 11) is 0. The Kier molecular flexibility index (Phi) is 3.66. The van der Waals surface area contributed by atoms with Crippen molar-refractivity contribution >= 4 is 27.9 Å². The van der Waals surface area contributed by atoms with Gasteiger partial charge in [0.2, 0.25) is 0 Å². The summed E-state index contributed by atoms with van der Waals surface area (Å²) in [5.41, 5.74) is 1.38. The summed E-state index contributed by atoms with van der Waals surface area (Å²) in [6.07, 6.45) is 3.18. The van der Waals surface area contributed by atoms with Crippen LogP contribution in [0.1, 0.15) is 23.2 Å². The van der Waals surface area contributed by atoms with E-state index in [0.717, 1.165) is 29.5 Å². The molecule has 1 aliphatic heterocycles. The Hall–Kier alpha value is -1.23. The highest BCUT2D eigenvalue weighted by molar-refractivity contribution is 9.10. The molecule has 0 spiro atoms. The van der Waals surface area contributed by atoms with Gasteiger partial charge in [-0.2, -0.15) is 0 Å². The van der Waals surface area contributed by atoms with Gasteiger partial charge >= 0.3 is 0 Å². The number of rotatable bonds is 3. The predicted molar refractivity (Wildman–Crippen MR) is 64.9 cm³/mol. The number of hydrogen-bond acceptors (Lipinski definition) is 3. The van der Waals surface area contributed by atoms with E-state index in [9.17, 15) is 4.79 Å². The first kappa shape index (κ1) is 11.3. The molecule has 84 valence electrons. The van der Waals surface area contributed by atoms with Crippen LogP contribution in [-0.2, 0) is 0 Å². The monoisotopic (exact) mass is 281 g/mol. The number of benzene rings is 1. The summed E-state index contributed by atoms with van der Waals surface area (Å²) >= 11 is 3.37. The quantitative estimate of drug-likeness (QED) is 0.630. The lowest BCUT2D eigenvalue weighted by atomic mass is 10.2. The molecule has 5 heteroatoms. The van der Waals surface area contributed by atoms with Crippen LogP contribution in [-0.4, -0.2) is 24.4 Å². The molecule has 0 radical (unpaired) electrons. The summed E-state index contributed by atoms with van der Waals surface area (Å²) in [5.74, 6) is 0.